The fraction of sp³-hybridized carbons (Fsp3) is 0.571. The molecule has 0 aliphatic heterocycles. The number of imidazole rings is 1. The van der Waals surface area contributed by atoms with E-state index in [9.17, 15) is 0 Å². The third-order valence-corrected chi connectivity index (χ3v) is 3.41. The Hall–Kier alpha value is -1.78. The molecule has 0 aliphatic carbocycles. The number of hydrogen-bond acceptors (Lipinski definition) is 4. The van der Waals surface area contributed by atoms with Crippen molar-refractivity contribution in [2.45, 2.75) is 45.6 Å². The zero-order chi connectivity index (χ0) is 13.8. The highest BCUT2D eigenvalue weighted by Crippen LogP contribution is 2.26. The second-order valence-electron chi connectivity index (χ2n) is 4.88. The van der Waals surface area contributed by atoms with E-state index in [-0.39, 0.29) is 0 Å². The number of fused-ring (bicyclic) bond motifs is 1. The van der Waals surface area contributed by atoms with Crippen LogP contribution in [-0.2, 0) is 0 Å². The van der Waals surface area contributed by atoms with Crippen molar-refractivity contribution in [2.75, 3.05) is 12.8 Å². The van der Waals surface area contributed by atoms with Crippen LogP contribution in [0.3, 0.4) is 0 Å². The number of unbranched alkanes of at least 4 members (excludes halogenated alkanes) is 2. The predicted octanol–water partition coefficient (Wildman–Crippen LogP) is 3.16. The lowest BCUT2D eigenvalue weighted by atomic mass is 10.1. The zero-order valence-electron chi connectivity index (χ0n) is 11.9. The van der Waals surface area contributed by atoms with Gasteiger partial charge in [0.1, 0.15) is 5.52 Å². The summed E-state index contributed by atoms with van der Waals surface area (Å²) in [7, 11) is 1.61. The summed E-state index contributed by atoms with van der Waals surface area (Å²) in [5, 5.41) is 0. The van der Waals surface area contributed by atoms with Gasteiger partial charge in [-0.25, -0.2) is 4.98 Å². The Morgan fingerprint density at radius 3 is 2.79 bits per heavy atom. The van der Waals surface area contributed by atoms with Gasteiger partial charge in [-0.15, -0.1) is 0 Å². The lowest BCUT2D eigenvalue weighted by Gasteiger charge is -2.15. The molecule has 1 atom stereocenters. The van der Waals surface area contributed by atoms with Crippen molar-refractivity contribution in [3.8, 4) is 5.88 Å². The van der Waals surface area contributed by atoms with Gasteiger partial charge in [0.05, 0.1) is 7.11 Å². The summed E-state index contributed by atoms with van der Waals surface area (Å²) in [6, 6.07) is 4.00. The molecule has 1 unspecified atom stereocenters. The van der Waals surface area contributed by atoms with E-state index in [0.29, 0.717) is 17.9 Å². The summed E-state index contributed by atoms with van der Waals surface area (Å²) in [5.41, 5.74) is 7.65. The van der Waals surface area contributed by atoms with Crippen LogP contribution in [0.15, 0.2) is 12.1 Å². The molecule has 5 nitrogen and oxygen atoms in total. The van der Waals surface area contributed by atoms with Gasteiger partial charge in [0.2, 0.25) is 11.8 Å². The van der Waals surface area contributed by atoms with Crippen molar-refractivity contribution < 1.29 is 4.74 Å². The second kappa shape index (κ2) is 5.91. The number of nitrogen functional groups attached to an aromatic ring is 1. The maximum Gasteiger partial charge on any atom is 0.215 e. The maximum absolute atomic E-state index is 6.02. The van der Waals surface area contributed by atoms with Gasteiger partial charge in [0, 0.05) is 12.1 Å². The van der Waals surface area contributed by atoms with Crippen molar-refractivity contribution in [2.24, 2.45) is 0 Å². The van der Waals surface area contributed by atoms with Crippen LogP contribution in [0, 0.1) is 0 Å². The fourth-order valence-corrected chi connectivity index (χ4v) is 2.34. The molecule has 2 aromatic heterocycles. The van der Waals surface area contributed by atoms with E-state index in [2.05, 4.69) is 23.8 Å². The van der Waals surface area contributed by atoms with Crippen LogP contribution < -0.4 is 10.5 Å². The molecule has 0 saturated carbocycles. The number of anilines is 1. The first-order valence-electron chi connectivity index (χ1n) is 6.85. The van der Waals surface area contributed by atoms with Crippen molar-refractivity contribution >= 4 is 17.1 Å². The van der Waals surface area contributed by atoms with Gasteiger partial charge < -0.3 is 10.5 Å². The number of pyridine rings is 1. The fourth-order valence-electron chi connectivity index (χ4n) is 2.34. The lowest BCUT2D eigenvalue weighted by molar-refractivity contribution is 0.398. The summed E-state index contributed by atoms with van der Waals surface area (Å²) in [5.74, 6) is 1.12. The minimum Gasteiger partial charge on any atom is -0.481 e. The minimum absolute atomic E-state index is 0.302. The van der Waals surface area contributed by atoms with Crippen molar-refractivity contribution in [3.63, 3.8) is 0 Å². The third-order valence-electron chi connectivity index (χ3n) is 3.41. The first kappa shape index (κ1) is 13.6. The molecule has 5 heteroatoms. The Morgan fingerprint density at radius 1 is 1.32 bits per heavy atom. The Labute approximate surface area is 113 Å². The van der Waals surface area contributed by atoms with Crippen LogP contribution in [0.5, 0.6) is 5.88 Å². The van der Waals surface area contributed by atoms with E-state index in [1.54, 1.807) is 13.2 Å². The standard InChI is InChI=1S/C14H22N4O/c1-4-5-6-7-10(2)18-13-11(16-14(18)15)8-9-12(17-13)19-3/h8-10H,4-7H2,1-3H3,(H2,15,16). The van der Waals surface area contributed by atoms with Crippen molar-refractivity contribution in [3.05, 3.63) is 12.1 Å². The molecule has 0 radical (unpaired) electrons. The Balaban J connectivity index is 2.32. The largest absolute Gasteiger partial charge is 0.481 e. The molecule has 0 amide bonds. The Morgan fingerprint density at radius 2 is 2.11 bits per heavy atom. The lowest BCUT2D eigenvalue weighted by Crippen LogP contribution is -2.09. The second-order valence-corrected chi connectivity index (χ2v) is 4.88. The number of ether oxygens (including phenoxy) is 1. The summed E-state index contributed by atoms with van der Waals surface area (Å²) in [4.78, 5) is 8.82. The molecule has 19 heavy (non-hydrogen) atoms. The van der Waals surface area contributed by atoms with Crippen molar-refractivity contribution in [1.82, 2.24) is 14.5 Å². The summed E-state index contributed by atoms with van der Waals surface area (Å²) in [6.07, 6.45) is 4.75. The van der Waals surface area contributed by atoms with Crippen molar-refractivity contribution in [1.29, 1.82) is 0 Å². The average molecular weight is 262 g/mol. The van der Waals surface area contributed by atoms with Gasteiger partial charge in [-0.3, -0.25) is 4.57 Å². The van der Waals surface area contributed by atoms with Gasteiger partial charge in [-0.1, -0.05) is 26.2 Å². The number of methoxy groups -OCH3 is 1. The molecule has 2 N–H and O–H groups in total. The highest BCUT2D eigenvalue weighted by atomic mass is 16.5. The van der Waals surface area contributed by atoms with Crippen LogP contribution >= 0.6 is 0 Å². The molecule has 2 rings (SSSR count). The van der Waals surface area contributed by atoms with E-state index >= 15 is 0 Å². The smallest absolute Gasteiger partial charge is 0.215 e. The molecule has 2 aromatic rings. The molecule has 0 saturated heterocycles. The van der Waals surface area contributed by atoms with Gasteiger partial charge in [0.15, 0.2) is 5.65 Å². The predicted molar refractivity (Wildman–Crippen MR) is 77.3 cm³/mol. The summed E-state index contributed by atoms with van der Waals surface area (Å²) < 4.78 is 7.18. The van der Waals surface area contributed by atoms with Crippen LogP contribution in [-0.4, -0.2) is 21.6 Å². The number of rotatable bonds is 6. The monoisotopic (exact) mass is 262 g/mol. The highest BCUT2D eigenvalue weighted by Gasteiger charge is 2.15. The van der Waals surface area contributed by atoms with E-state index in [0.717, 1.165) is 17.6 Å². The van der Waals surface area contributed by atoms with E-state index < -0.39 is 0 Å². The van der Waals surface area contributed by atoms with Gasteiger partial charge in [-0.05, 0) is 19.4 Å². The molecule has 0 fully saturated rings. The molecular formula is C14H22N4O. The molecule has 0 aromatic carbocycles. The average Bonchev–Trinajstić information content (AvgIpc) is 2.73. The number of aromatic nitrogens is 3. The molecule has 0 bridgehead atoms. The molecule has 2 heterocycles. The normalized spacial score (nSPS) is 12.8. The molecular weight excluding hydrogens is 240 g/mol. The van der Waals surface area contributed by atoms with Crippen LogP contribution in [0.2, 0.25) is 0 Å². The first-order valence-corrected chi connectivity index (χ1v) is 6.85. The number of hydrogen-bond donors (Lipinski definition) is 1. The molecule has 0 spiro atoms. The topological polar surface area (TPSA) is 66.0 Å². The van der Waals surface area contributed by atoms with Gasteiger partial charge >= 0.3 is 0 Å². The number of nitrogens with zero attached hydrogens (tertiary/aromatic N) is 3. The summed E-state index contributed by atoms with van der Waals surface area (Å²) in [6.45, 7) is 4.37. The minimum atomic E-state index is 0.302. The van der Waals surface area contributed by atoms with Crippen LogP contribution in [0.1, 0.15) is 45.6 Å². The Bertz CT molecular complexity index is 550. The van der Waals surface area contributed by atoms with E-state index in [1.807, 2.05) is 10.6 Å². The number of nitrogens with two attached hydrogens (primary N) is 1. The maximum atomic E-state index is 6.02. The molecule has 104 valence electrons. The molecule has 0 aliphatic rings. The van der Waals surface area contributed by atoms with Crippen LogP contribution in [0.4, 0.5) is 5.95 Å². The zero-order valence-corrected chi connectivity index (χ0v) is 11.9. The third kappa shape index (κ3) is 2.80. The summed E-state index contributed by atoms with van der Waals surface area (Å²) >= 11 is 0. The first-order chi connectivity index (χ1) is 9.17. The van der Waals surface area contributed by atoms with Crippen LogP contribution in [0.25, 0.3) is 11.2 Å². The van der Waals surface area contributed by atoms with Gasteiger partial charge in [-0.2, -0.15) is 4.98 Å². The van der Waals surface area contributed by atoms with E-state index in [4.69, 9.17) is 10.5 Å². The SMILES string of the molecule is CCCCCC(C)n1c(N)nc2ccc(OC)nc21. The van der Waals surface area contributed by atoms with Gasteiger partial charge in [0.25, 0.3) is 0 Å². The quantitative estimate of drug-likeness (QED) is 0.812. The highest BCUT2D eigenvalue weighted by molar-refractivity contribution is 5.75. The Kier molecular flexibility index (Phi) is 4.24. The van der Waals surface area contributed by atoms with E-state index in [1.165, 1.54) is 19.3 Å².